The van der Waals surface area contributed by atoms with E-state index in [1.54, 1.807) is 23.1 Å². The minimum atomic E-state index is -0.436. The number of hydrogen-bond acceptors (Lipinski definition) is 3. The van der Waals surface area contributed by atoms with Gasteiger partial charge in [0.2, 0.25) is 11.8 Å². The number of halogens is 1. The molecule has 0 bridgehead atoms. The lowest BCUT2D eigenvalue weighted by Crippen LogP contribution is -2.57. The van der Waals surface area contributed by atoms with Crippen molar-refractivity contribution in [1.29, 1.82) is 0 Å². The first kappa shape index (κ1) is 17.9. The van der Waals surface area contributed by atoms with Crippen molar-refractivity contribution < 1.29 is 18.7 Å². The third-order valence-electron chi connectivity index (χ3n) is 5.14. The number of hydrogen-bond donors (Lipinski definition) is 0. The maximum Gasteiger partial charge on any atom is 0.227 e. The summed E-state index contributed by atoms with van der Waals surface area (Å²) in [4.78, 5) is 29.0. The van der Waals surface area contributed by atoms with E-state index in [4.69, 9.17) is 4.74 Å². The van der Waals surface area contributed by atoms with Crippen LogP contribution < -0.4 is 0 Å². The van der Waals surface area contributed by atoms with Crippen LogP contribution >= 0.6 is 0 Å². The molecule has 6 heteroatoms. The van der Waals surface area contributed by atoms with E-state index in [2.05, 4.69) is 0 Å². The summed E-state index contributed by atoms with van der Waals surface area (Å²) >= 11 is 0. The molecule has 0 aromatic heterocycles. The second kappa shape index (κ2) is 7.52. The monoisotopic (exact) mass is 348 g/mol. The molecule has 2 aliphatic rings. The van der Waals surface area contributed by atoms with Gasteiger partial charge in [-0.1, -0.05) is 25.1 Å². The van der Waals surface area contributed by atoms with Gasteiger partial charge in [0.1, 0.15) is 5.82 Å². The van der Waals surface area contributed by atoms with Gasteiger partial charge in [-0.25, -0.2) is 4.39 Å². The first-order valence-corrected chi connectivity index (χ1v) is 8.95. The zero-order valence-corrected chi connectivity index (χ0v) is 14.7. The highest BCUT2D eigenvalue weighted by molar-refractivity contribution is 5.82. The average molecular weight is 348 g/mol. The first-order chi connectivity index (χ1) is 12.1. The van der Waals surface area contributed by atoms with Crippen molar-refractivity contribution in [2.45, 2.75) is 38.1 Å². The lowest BCUT2D eigenvalue weighted by Gasteiger charge is -2.40. The van der Waals surface area contributed by atoms with E-state index < -0.39 is 5.54 Å². The molecule has 2 aliphatic heterocycles. The van der Waals surface area contributed by atoms with E-state index in [-0.39, 0.29) is 24.1 Å². The van der Waals surface area contributed by atoms with E-state index >= 15 is 0 Å². The lowest BCUT2D eigenvalue weighted by atomic mass is 9.95. The van der Waals surface area contributed by atoms with Crippen molar-refractivity contribution in [3.63, 3.8) is 0 Å². The van der Waals surface area contributed by atoms with Crippen molar-refractivity contribution in [2.75, 3.05) is 32.8 Å². The Labute approximate surface area is 147 Å². The third kappa shape index (κ3) is 3.68. The molecule has 2 fully saturated rings. The van der Waals surface area contributed by atoms with Crippen LogP contribution in [0.15, 0.2) is 24.3 Å². The zero-order chi connectivity index (χ0) is 17.9. The predicted octanol–water partition coefficient (Wildman–Crippen LogP) is 2.00. The number of carbonyl (C=O) groups is 2. The fourth-order valence-corrected chi connectivity index (χ4v) is 3.80. The first-order valence-electron chi connectivity index (χ1n) is 8.95. The van der Waals surface area contributed by atoms with Crippen LogP contribution in [0.1, 0.15) is 31.7 Å². The highest BCUT2D eigenvalue weighted by Gasteiger charge is 2.46. The normalized spacial score (nSPS) is 24.0. The average Bonchev–Trinajstić information content (AvgIpc) is 3.02. The van der Waals surface area contributed by atoms with Crippen LogP contribution in [0, 0.1) is 5.82 Å². The number of ether oxygens (including phenoxy) is 1. The van der Waals surface area contributed by atoms with Crippen molar-refractivity contribution in [3.8, 4) is 0 Å². The van der Waals surface area contributed by atoms with E-state index in [0.717, 1.165) is 12.8 Å². The number of carbonyl (C=O) groups excluding carboxylic acids is 2. The minimum absolute atomic E-state index is 0.0194. The SMILES string of the molecule is CCCN1C(=O)CCN(C(=O)Cc2ccccc2F)CC12CCOC2. The molecule has 1 aromatic carbocycles. The summed E-state index contributed by atoms with van der Waals surface area (Å²) in [7, 11) is 0. The summed E-state index contributed by atoms with van der Waals surface area (Å²) in [5, 5.41) is 0. The highest BCUT2D eigenvalue weighted by Crippen LogP contribution is 2.31. The van der Waals surface area contributed by atoms with E-state index in [1.807, 2.05) is 11.8 Å². The fourth-order valence-electron chi connectivity index (χ4n) is 3.80. The van der Waals surface area contributed by atoms with Crippen molar-refractivity contribution in [1.82, 2.24) is 9.80 Å². The minimum Gasteiger partial charge on any atom is -0.379 e. The molecule has 2 amide bonds. The van der Waals surface area contributed by atoms with E-state index in [9.17, 15) is 14.0 Å². The molecule has 3 rings (SSSR count). The van der Waals surface area contributed by atoms with Crippen LogP contribution in [0.3, 0.4) is 0 Å². The molecule has 0 N–H and O–H groups in total. The molecule has 136 valence electrons. The quantitative estimate of drug-likeness (QED) is 0.836. The second-order valence-electron chi connectivity index (χ2n) is 6.91. The molecular formula is C19H25FN2O3. The fraction of sp³-hybridized carbons (Fsp3) is 0.579. The van der Waals surface area contributed by atoms with Gasteiger partial charge in [0.15, 0.2) is 0 Å². The number of benzene rings is 1. The predicted molar refractivity (Wildman–Crippen MR) is 91.5 cm³/mol. The molecule has 25 heavy (non-hydrogen) atoms. The maximum atomic E-state index is 13.9. The molecule has 0 radical (unpaired) electrons. The van der Waals surface area contributed by atoms with E-state index in [1.165, 1.54) is 6.07 Å². The summed E-state index contributed by atoms with van der Waals surface area (Å²) in [6.07, 6.45) is 1.94. The van der Waals surface area contributed by atoms with Gasteiger partial charge in [-0.2, -0.15) is 0 Å². The summed E-state index contributed by atoms with van der Waals surface area (Å²) in [5.74, 6) is -0.427. The molecule has 2 saturated heterocycles. The summed E-state index contributed by atoms with van der Waals surface area (Å²) in [6, 6.07) is 6.34. The highest BCUT2D eigenvalue weighted by atomic mass is 19.1. The molecule has 5 nitrogen and oxygen atoms in total. The smallest absolute Gasteiger partial charge is 0.227 e. The van der Waals surface area contributed by atoms with Crippen molar-refractivity contribution in [3.05, 3.63) is 35.6 Å². The number of amides is 2. The molecule has 1 atom stereocenters. The molecular weight excluding hydrogens is 323 g/mol. The van der Waals surface area contributed by atoms with Crippen LogP contribution in [-0.2, 0) is 20.7 Å². The van der Waals surface area contributed by atoms with Gasteiger partial charge >= 0.3 is 0 Å². The second-order valence-corrected chi connectivity index (χ2v) is 6.91. The van der Waals surface area contributed by atoms with Gasteiger partial charge in [0, 0.05) is 32.7 Å². The Hall–Kier alpha value is -1.95. The zero-order valence-electron chi connectivity index (χ0n) is 14.7. The maximum absolute atomic E-state index is 13.9. The number of nitrogens with zero attached hydrogens (tertiary/aromatic N) is 2. The lowest BCUT2D eigenvalue weighted by molar-refractivity contribution is -0.137. The van der Waals surface area contributed by atoms with Crippen LogP contribution in [0.25, 0.3) is 0 Å². The van der Waals surface area contributed by atoms with Gasteiger partial charge in [0.05, 0.1) is 18.6 Å². The van der Waals surface area contributed by atoms with Crippen LogP contribution in [0.2, 0.25) is 0 Å². The molecule has 1 spiro atoms. The third-order valence-corrected chi connectivity index (χ3v) is 5.14. The van der Waals surface area contributed by atoms with Gasteiger partial charge < -0.3 is 14.5 Å². The number of rotatable bonds is 4. The summed E-state index contributed by atoms with van der Waals surface area (Å²) in [5.41, 5.74) is -0.0423. The summed E-state index contributed by atoms with van der Waals surface area (Å²) in [6.45, 7) is 4.63. The molecule has 2 heterocycles. The molecule has 1 unspecified atom stereocenters. The standard InChI is InChI=1S/C19H25FN2O3/c1-2-9-22-17(23)7-10-21(13-19(22)8-11-25-14-19)18(24)12-15-5-3-4-6-16(15)20/h3-6H,2,7-14H2,1H3. The topological polar surface area (TPSA) is 49.9 Å². The van der Waals surface area contributed by atoms with Crippen LogP contribution in [-0.4, -0.2) is 60.0 Å². The molecule has 0 saturated carbocycles. The Morgan fingerprint density at radius 2 is 2.16 bits per heavy atom. The molecule has 1 aromatic rings. The summed E-state index contributed by atoms with van der Waals surface area (Å²) < 4.78 is 19.5. The largest absolute Gasteiger partial charge is 0.379 e. The Kier molecular flexibility index (Phi) is 5.37. The Morgan fingerprint density at radius 3 is 2.84 bits per heavy atom. The Bertz CT molecular complexity index is 643. The van der Waals surface area contributed by atoms with Gasteiger partial charge in [-0.15, -0.1) is 0 Å². The van der Waals surface area contributed by atoms with Crippen molar-refractivity contribution >= 4 is 11.8 Å². The van der Waals surface area contributed by atoms with Gasteiger partial charge in [-0.05, 0) is 24.5 Å². The molecule has 0 aliphatic carbocycles. The Morgan fingerprint density at radius 1 is 1.36 bits per heavy atom. The van der Waals surface area contributed by atoms with Crippen molar-refractivity contribution in [2.24, 2.45) is 0 Å². The van der Waals surface area contributed by atoms with E-state index in [0.29, 0.717) is 44.8 Å². The van der Waals surface area contributed by atoms with Crippen LogP contribution in [0.4, 0.5) is 4.39 Å². The van der Waals surface area contributed by atoms with Gasteiger partial charge in [0.25, 0.3) is 0 Å². The van der Waals surface area contributed by atoms with Gasteiger partial charge in [-0.3, -0.25) is 9.59 Å². The van der Waals surface area contributed by atoms with Crippen LogP contribution in [0.5, 0.6) is 0 Å². The Balaban J connectivity index is 1.79.